The molecule has 0 amide bonds. The van der Waals surface area contributed by atoms with Gasteiger partial charge in [0.05, 0.1) is 18.8 Å². The standard InChI is InChI=1S/C9H9F3N3/c1-6-13-14(2)8-4-3-7(5-15(6)8)9(10,11)12/h3-5H,1-2H3/q+1. The van der Waals surface area contributed by atoms with Gasteiger partial charge in [-0.15, -0.1) is 4.68 Å². The van der Waals surface area contributed by atoms with Gasteiger partial charge >= 0.3 is 6.18 Å². The number of rotatable bonds is 0. The molecule has 0 fully saturated rings. The fourth-order valence-electron chi connectivity index (χ4n) is 1.50. The van der Waals surface area contributed by atoms with Gasteiger partial charge in [-0.25, -0.2) is 4.40 Å². The number of aryl methyl sites for hydroxylation is 2. The van der Waals surface area contributed by atoms with E-state index < -0.39 is 11.7 Å². The number of halogens is 3. The van der Waals surface area contributed by atoms with Crippen molar-refractivity contribution >= 4 is 5.65 Å². The molecule has 2 aromatic rings. The lowest BCUT2D eigenvalue weighted by molar-refractivity contribution is -0.522. The second-order valence-electron chi connectivity index (χ2n) is 3.31. The molecule has 80 valence electrons. The van der Waals surface area contributed by atoms with Crippen LogP contribution < -0.4 is 4.40 Å². The van der Waals surface area contributed by atoms with E-state index in [4.69, 9.17) is 0 Å². The zero-order valence-electron chi connectivity index (χ0n) is 8.21. The quantitative estimate of drug-likeness (QED) is 0.611. The van der Waals surface area contributed by atoms with Gasteiger partial charge in [-0.1, -0.05) is 0 Å². The van der Waals surface area contributed by atoms with E-state index in [-0.39, 0.29) is 0 Å². The predicted molar refractivity (Wildman–Crippen MR) is 46.1 cm³/mol. The van der Waals surface area contributed by atoms with Gasteiger partial charge in [-0.05, 0) is 6.07 Å². The average molecular weight is 216 g/mol. The summed E-state index contributed by atoms with van der Waals surface area (Å²) in [4.78, 5) is 0. The summed E-state index contributed by atoms with van der Waals surface area (Å²) in [5.41, 5.74) is -0.0448. The number of alkyl halides is 3. The van der Waals surface area contributed by atoms with Crippen LogP contribution in [0.3, 0.4) is 0 Å². The lowest BCUT2D eigenvalue weighted by Gasteiger charge is -2.04. The summed E-state index contributed by atoms with van der Waals surface area (Å²) >= 11 is 0. The number of hydrogen-bond acceptors (Lipinski definition) is 1. The number of pyridine rings is 1. The molecule has 0 N–H and O–H groups in total. The Labute approximate surface area is 83.8 Å². The van der Waals surface area contributed by atoms with Crippen molar-refractivity contribution in [3.63, 3.8) is 0 Å². The first kappa shape index (κ1) is 9.95. The van der Waals surface area contributed by atoms with E-state index in [1.54, 1.807) is 14.0 Å². The molecule has 0 aromatic carbocycles. The highest BCUT2D eigenvalue weighted by Gasteiger charge is 2.32. The monoisotopic (exact) mass is 216 g/mol. The molecule has 2 heterocycles. The molecule has 0 aliphatic carbocycles. The predicted octanol–water partition coefficient (Wildman–Crippen LogP) is 1.49. The molecule has 6 heteroatoms. The van der Waals surface area contributed by atoms with Crippen LogP contribution in [-0.4, -0.2) is 9.78 Å². The molecule has 15 heavy (non-hydrogen) atoms. The third-order valence-corrected chi connectivity index (χ3v) is 2.23. The van der Waals surface area contributed by atoms with E-state index in [0.29, 0.717) is 11.5 Å². The minimum absolute atomic E-state index is 0.526. The Balaban J connectivity index is 2.71. The summed E-state index contributed by atoms with van der Waals surface area (Å²) in [6.45, 7) is 1.66. The van der Waals surface area contributed by atoms with Crippen LogP contribution in [0.4, 0.5) is 13.2 Å². The molecule has 0 atom stereocenters. The molecule has 3 nitrogen and oxygen atoms in total. The van der Waals surface area contributed by atoms with E-state index in [2.05, 4.69) is 5.10 Å². The maximum absolute atomic E-state index is 12.4. The highest BCUT2D eigenvalue weighted by atomic mass is 19.4. The van der Waals surface area contributed by atoms with E-state index >= 15 is 0 Å². The van der Waals surface area contributed by atoms with Crippen LogP contribution in [-0.2, 0) is 13.2 Å². The summed E-state index contributed by atoms with van der Waals surface area (Å²) in [6.07, 6.45) is -3.26. The molecule has 0 aliphatic heterocycles. The highest BCUT2D eigenvalue weighted by molar-refractivity contribution is 5.31. The second kappa shape index (κ2) is 2.95. The Bertz CT molecular complexity index is 513. The first-order valence-corrected chi connectivity index (χ1v) is 4.32. The second-order valence-corrected chi connectivity index (χ2v) is 3.31. The maximum Gasteiger partial charge on any atom is 0.419 e. The summed E-state index contributed by atoms with van der Waals surface area (Å²) in [6, 6.07) is 2.46. The smallest absolute Gasteiger partial charge is 0.201 e. The number of fused-ring (bicyclic) bond motifs is 1. The third kappa shape index (κ3) is 1.55. The zero-order valence-corrected chi connectivity index (χ0v) is 8.21. The van der Waals surface area contributed by atoms with Crippen LogP contribution in [0, 0.1) is 6.92 Å². The van der Waals surface area contributed by atoms with Crippen molar-refractivity contribution in [3.8, 4) is 0 Å². The van der Waals surface area contributed by atoms with Crippen LogP contribution in [0.25, 0.3) is 5.65 Å². The fourth-order valence-corrected chi connectivity index (χ4v) is 1.50. The molecule has 0 aliphatic rings. The number of aromatic nitrogens is 3. The Morgan fingerprint density at radius 2 is 2.00 bits per heavy atom. The van der Waals surface area contributed by atoms with E-state index in [1.165, 1.54) is 15.1 Å². The van der Waals surface area contributed by atoms with Crippen molar-refractivity contribution in [1.29, 1.82) is 0 Å². The average Bonchev–Trinajstić information content (AvgIpc) is 2.41. The Morgan fingerprint density at radius 1 is 1.33 bits per heavy atom. The molecule has 0 radical (unpaired) electrons. The molecule has 0 unspecified atom stereocenters. The van der Waals surface area contributed by atoms with Gasteiger partial charge < -0.3 is 0 Å². The first-order chi connectivity index (χ1) is 6.89. The van der Waals surface area contributed by atoms with Gasteiger partial charge in [0.1, 0.15) is 0 Å². The number of hydrogen-bond donors (Lipinski definition) is 0. The van der Waals surface area contributed by atoms with Crippen LogP contribution in [0.15, 0.2) is 18.3 Å². The molecule has 2 rings (SSSR count). The Kier molecular flexibility index (Phi) is 1.95. The van der Waals surface area contributed by atoms with Crippen LogP contribution in [0.2, 0.25) is 0 Å². The highest BCUT2D eigenvalue weighted by Crippen LogP contribution is 2.28. The van der Waals surface area contributed by atoms with Crippen LogP contribution in [0.5, 0.6) is 0 Å². The van der Waals surface area contributed by atoms with Crippen molar-refractivity contribution in [1.82, 2.24) is 9.78 Å². The molecule has 0 saturated carbocycles. The molecule has 0 saturated heterocycles. The normalized spacial score (nSPS) is 12.3. The van der Waals surface area contributed by atoms with Crippen LogP contribution >= 0.6 is 0 Å². The third-order valence-electron chi connectivity index (χ3n) is 2.23. The summed E-state index contributed by atoms with van der Waals surface area (Å²) in [5.74, 6) is 0.526. The van der Waals surface area contributed by atoms with Gasteiger partial charge in [0.2, 0.25) is 0 Å². The topological polar surface area (TPSA) is 21.9 Å². The van der Waals surface area contributed by atoms with E-state index in [9.17, 15) is 13.2 Å². The van der Waals surface area contributed by atoms with Gasteiger partial charge in [-0.3, -0.25) is 0 Å². The zero-order chi connectivity index (χ0) is 11.2. The largest absolute Gasteiger partial charge is 0.419 e. The van der Waals surface area contributed by atoms with Crippen LogP contribution in [0.1, 0.15) is 11.4 Å². The molecule has 2 aromatic heterocycles. The SMILES string of the molecule is Cc1nn(C)c2ccc(C(F)(F)F)c[n+]12. The lowest BCUT2D eigenvalue weighted by atomic mass is 10.3. The van der Waals surface area contributed by atoms with Crippen molar-refractivity contribution in [3.05, 3.63) is 29.7 Å². The molecule has 0 spiro atoms. The molecule has 0 bridgehead atoms. The van der Waals surface area contributed by atoms with E-state index in [0.717, 1.165) is 12.3 Å². The van der Waals surface area contributed by atoms with Crippen molar-refractivity contribution in [2.24, 2.45) is 7.05 Å². The Morgan fingerprint density at radius 3 is 2.60 bits per heavy atom. The molecular weight excluding hydrogens is 207 g/mol. The van der Waals surface area contributed by atoms with Crippen molar-refractivity contribution in [2.45, 2.75) is 13.1 Å². The minimum Gasteiger partial charge on any atom is -0.201 e. The van der Waals surface area contributed by atoms with Gasteiger partial charge in [0.15, 0.2) is 0 Å². The lowest BCUT2D eigenvalue weighted by Crippen LogP contribution is -2.25. The fraction of sp³-hybridized carbons (Fsp3) is 0.333. The maximum atomic E-state index is 12.4. The Hall–Kier alpha value is -1.59. The van der Waals surface area contributed by atoms with Crippen molar-refractivity contribution < 1.29 is 17.6 Å². The van der Waals surface area contributed by atoms with Crippen molar-refractivity contribution in [2.75, 3.05) is 0 Å². The summed E-state index contributed by atoms with van der Waals surface area (Å²) in [5, 5.41) is 4.03. The van der Waals surface area contributed by atoms with Gasteiger partial charge in [0, 0.05) is 18.1 Å². The number of nitrogens with zero attached hydrogens (tertiary/aromatic N) is 3. The van der Waals surface area contributed by atoms with Gasteiger partial charge in [0.25, 0.3) is 11.5 Å². The minimum atomic E-state index is -4.32. The van der Waals surface area contributed by atoms with Gasteiger partial charge in [-0.2, -0.15) is 13.2 Å². The summed E-state index contributed by atoms with van der Waals surface area (Å²) in [7, 11) is 1.69. The summed E-state index contributed by atoms with van der Waals surface area (Å²) < 4.78 is 40.2. The molecular formula is C9H9F3N3+. The van der Waals surface area contributed by atoms with E-state index in [1.807, 2.05) is 0 Å². The first-order valence-electron chi connectivity index (χ1n) is 4.32.